The largest absolute Gasteiger partial charge is 0.416 e. The molecule has 0 aromatic carbocycles. The molecule has 2 rings (SSSR count). The van der Waals surface area contributed by atoms with Crippen LogP contribution in [0.3, 0.4) is 0 Å². The molecule has 7 heteroatoms. The van der Waals surface area contributed by atoms with Gasteiger partial charge in [-0.25, -0.2) is 4.98 Å². The van der Waals surface area contributed by atoms with Crippen molar-refractivity contribution >= 4 is 17.4 Å². The van der Waals surface area contributed by atoms with Gasteiger partial charge in [-0.2, -0.15) is 13.2 Å². The fourth-order valence-electron chi connectivity index (χ4n) is 2.40. The van der Waals surface area contributed by atoms with Crippen molar-refractivity contribution in [1.82, 2.24) is 9.88 Å². The van der Waals surface area contributed by atoms with E-state index in [1.807, 2.05) is 25.8 Å². The van der Waals surface area contributed by atoms with Crippen molar-refractivity contribution in [2.45, 2.75) is 32.1 Å². The lowest BCUT2D eigenvalue weighted by Crippen LogP contribution is -2.55. The first-order valence-corrected chi connectivity index (χ1v) is 6.78. The Balaban J connectivity index is 2.31. The van der Waals surface area contributed by atoms with E-state index >= 15 is 0 Å². The number of piperazine rings is 1. The quantitative estimate of drug-likeness (QED) is 0.742. The van der Waals surface area contributed by atoms with Crippen LogP contribution in [0.25, 0.3) is 0 Å². The number of alkyl halides is 3. The van der Waals surface area contributed by atoms with Crippen LogP contribution in [0.15, 0.2) is 12.1 Å². The van der Waals surface area contributed by atoms with Crippen molar-refractivity contribution in [2.75, 3.05) is 25.0 Å². The molecule has 0 amide bonds. The Bertz CT molecular complexity index is 480. The van der Waals surface area contributed by atoms with Gasteiger partial charge in [-0.3, -0.25) is 4.90 Å². The molecular weight excluding hydrogens is 291 g/mol. The molecule has 0 spiro atoms. The van der Waals surface area contributed by atoms with Crippen molar-refractivity contribution in [3.63, 3.8) is 0 Å². The van der Waals surface area contributed by atoms with E-state index < -0.39 is 11.7 Å². The molecule has 2 heterocycles. The van der Waals surface area contributed by atoms with Gasteiger partial charge in [0.1, 0.15) is 11.0 Å². The second-order valence-corrected chi connectivity index (χ2v) is 5.69. The number of hydrogen-bond donors (Lipinski definition) is 0. The first-order chi connectivity index (χ1) is 9.18. The fraction of sp³-hybridized carbons (Fsp3) is 0.615. The summed E-state index contributed by atoms with van der Waals surface area (Å²) in [4.78, 5) is 8.10. The molecule has 1 aliphatic heterocycles. The van der Waals surface area contributed by atoms with E-state index in [0.29, 0.717) is 13.1 Å². The Hall–Kier alpha value is -1.01. The highest BCUT2D eigenvalue weighted by Crippen LogP contribution is 2.33. The summed E-state index contributed by atoms with van der Waals surface area (Å²) in [6, 6.07) is 2.41. The van der Waals surface area contributed by atoms with E-state index in [2.05, 4.69) is 9.88 Å². The average Bonchev–Trinajstić information content (AvgIpc) is 2.33. The fourth-order valence-corrected chi connectivity index (χ4v) is 2.60. The molecule has 0 N–H and O–H groups in total. The number of pyridine rings is 1. The van der Waals surface area contributed by atoms with Crippen LogP contribution in [0.1, 0.15) is 19.4 Å². The van der Waals surface area contributed by atoms with Gasteiger partial charge in [0.25, 0.3) is 0 Å². The van der Waals surface area contributed by atoms with Gasteiger partial charge < -0.3 is 4.90 Å². The summed E-state index contributed by atoms with van der Waals surface area (Å²) in [6.45, 7) is 5.34. The lowest BCUT2D eigenvalue weighted by molar-refractivity contribution is -0.137. The highest BCUT2D eigenvalue weighted by atomic mass is 35.5. The molecule has 1 fully saturated rings. The Kier molecular flexibility index (Phi) is 4.16. The van der Waals surface area contributed by atoms with E-state index in [4.69, 9.17) is 11.6 Å². The summed E-state index contributed by atoms with van der Waals surface area (Å²) in [5, 5.41) is -0.131. The van der Waals surface area contributed by atoms with E-state index in [0.717, 1.165) is 12.1 Å². The third-order valence-electron chi connectivity index (χ3n) is 3.79. The average molecular weight is 308 g/mol. The lowest BCUT2D eigenvalue weighted by atomic mass is 10.1. The van der Waals surface area contributed by atoms with Crippen molar-refractivity contribution in [2.24, 2.45) is 0 Å². The number of aromatic nitrogens is 1. The Morgan fingerprint density at radius 3 is 2.25 bits per heavy atom. The SMILES string of the molecule is CC1CN(c2cc(C(F)(F)F)cc(Cl)n2)CC(C)N1C. The lowest BCUT2D eigenvalue weighted by Gasteiger charge is -2.43. The van der Waals surface area contributed by atoms with Crippen LogP contribution in [-0.2, 0) is 6.18 Å². The zero-order chi connectivity index (χ0) is 15.1. The van der Waals surface area contributed by atoms with E-state index in [1.165, 1.54) is 0 Å². The number of likely N-dealkylation sites (N-methyl/N-ethyl adjacent to an activating group) is 1. The molecule has 1 aliphatic rings. The van der Waals surface area contributed by atoms with Gasteiger partial charge >= 0.3 is 6.18 Å². The summed E-state index contributed by atoms with van der Waals surface area (Å²) < 4.78 is 38.5. The van der Waals surface area contributed by atoms with Gasteiger partial charge in [-0.1, -0.05) is 11.6 Å². The summed E-state index contributed by atoms with van der Waals surface area (Å²) >= 11 is 5.73. The molecule has 0 saturated carbocycles. The van der Waals surface area contributed by atoms with E-state index in [9.17, 15) is 13.2 Å². The van der Waals surface area contributed by atoms with Crippen molar-refractivity contribution < 1.29 is 13.2 Å². The van der Waals surface area contributed by atoms with Crippen LogP contribution >= 0.6 is 11.6 Å². The normalized spacial score (nSPS) is 25.1. The highest BCUT2D eigenvalue weighted by molar-refractivity contribution is 6.29. The molecule has 2 atom stereocenters. The molecule has 2 unspecified atom stereocenters. The molecule has 1 aromatic heterocycles. The maximum absolute atomic E-state index is 12.8. The first-order valence-electron chi connectivity index (χ1n) is 6.40. The second kappa shape index (κ2) is 5.41. The maximum Gasteiger partial charge on any atom is 0.416 e. The van der Waals surface area contributed by atoms with Crippen LogP contribution in [0, 0.1) is 0 Å². The summed E-state index contributed by atoms with van der Waals surface area (Å²) in [6.07, 6.45) is -4.41. The van der Waals surface area contributed by atoms with Crippen LogP contribution in [0.4, 0.5) is 19.0 Å². The third-order valence-corrected chi connectivity index (χ3v) is 3.99. The maximum atomic E-state index is 12.8. The minimum absolute atomic E-state index is 0.131. The van der Waals surface area contributed by atoms with Gasteiger partial charge in [-0.15, -0.1) is 0 Å². The van der Waals surface area contributed by atoms with Gasteiger partial charge in [0.2, 0.25) is 0 Å². The van der Waals surface area contributed by atoms with Crippen LogP contribution < -0.4 is 4.90 Å². The van der Waals surface area contributed by atoms with Crippen LogP contribution in [-0.4, -0.2) is 42.1 Å². The van der Waals surface area contributed by atoms with Crippen LogP contribution in [0.2, 0.25) is 5.15 Å². The summed E-state index contributed by atoms with van der Waals surface area (Å²) in [7, 11) is 2.01. The van der Waals surface area contributed by atoms with Gasteiger partial charge in [0.15, 0.2) is 0 Å². The predicted octanol–water partition coefficient (Wildman–Crippen LogP) is 3.28. The molecule has 0 aliphatic carbocycles. The number of hydrogen-bond acceptors (Lipinski definition) is 3. The Labute approximate surface area is 121 Å². The van der Waals surface area contributed by atoms with Gasteiger partial charge in [-0.05, 0) is 33.0 Å². The molecule has 1 saturated heterocycles. The Morgan fingerprint density at radius 2 is 1.75 bits per heavy atom. The van der Waals surface area contributed by atoms with Crippen LogP contribution in [0.5, 0.6) is 0 Å². The summed E-state index contributed by atoms with van der Waals surface area (Å²) in [5.41, 5.74) is -0.758. The minimum Gasteiger partial charge on any atom is -0.353 e. The standard InChI is InChI=1S/C13H17ClF3N3/c1-8-6-20(7-9(2)19(8)3)12-5-10(13(15,16)17)4-11(14)18-12/h4-5,8-9H,6-7H2,1-3H3. The number of nitrogens with zero attached hydrogens (tertiary/aromatic N) is 3. The number of halogens is 4. The molecule has 0 radical (unpaired) electrons. The minimum atomic E-state index is -4.41. The molecule has 3 nitrogen and oxygen atoms in total. The van der Waals surface area contributed by atoms with Crippen molar-refractivity contribution in [1.29, 1.82) is 0 Å². The number of anilines is 1. The molecular formula is C13H17ClF3N3. The topological polar surface area (TPSA) is 19.4 Å². The molecule has 1 aromatic rings. The zero-order valence-corrected chi connectivity index (χ0v) is 12.3. The second-order valence-electron chi connectivity index (χ2n) is 5.30. The number of rotatable bonds is 1. The zero-order valence-electron chi connectivity index (χ0n) is 11.6. The van der Waals surface area contributed by atoms with Crippen molar-refractivity contribution in [3.8, 4) is 0 Å². The highest BCUT2D eigenvalue weighted by Gasteiger charge is 2.33. The van der Waals surface area contributed by atoms with E-state index in [1.54, 1.807) is 0 Å². The molecule has 20 heavy (non-hydrogen) atoms. The smallest absolute Gasteiger partial charge is 0.353 e. The van der Waals surface area contributed by atoms with Crippen molar-refractivity contribution in [3.05, 3.63) is 22.8 Å². The first kappa shape index (κ1) is 15.4. The molecule has 0 bridgehead atoms. The monoisotopic (exact) mass is 307 g/mol. The summed E-state index contributed by atoms with van der Waals surface area (Å²) in [5.74, 6) is 0.289. The van der Waals surface area contributed by atoms with Gasteiger partial charge in [0.05, 0.1) is 5.56 Å². The predicted molar refractivity (Wildman–Crippen MR) is 73.1 cm³/mol. The van der Waals surface area contributed by atoms with Gasteiger partial charge in [0, 0.05) is 25.2 Å². The van der Waals surface area contributed by atoms with E-state index in [-0.39, 0.29) is 23.1 Å². The molecule has 112 valence electrons. The third kappa shape index (κ3) is 3.17. The Morgan fingerprint density at radius 1 is 1.20 bits per heavy atom.